The smallest absolute Gasteiger partial charge is 0.0541 e. The number of aromatic nitrogens is 1. The van der Waals surface area contributed by atoms with Gasteiger partial charge >= 0.3 is 0 Å². The number of rotatable bonds is 8. The molecule has 16 aromatic rings. The van der Waals surface area contributed by atoms with Crippen molar-refractivity contribution < 1.29 is 0 Å². The summed E-state index contributed by atoms with van der Waals surface area (Å²) >= 11 is 1.93. The Hall–Kier alpha value is -9.86. The number of aryl methyl sites for hydroxylation is 1. The minimum Gasteiger partial charge on any atom is -0.309 e. The molecular formula is C79H53NS. The average molecular weight is 1050 g/mol. The summed E-state index contributed by atoms with van der Waals surface area (Å²) in [7, 11) is 0. The third-order valence-corrected chi connectivity index (χ3v) is 18.5. The number of para-hydroxylation sites is 1. The number of hydrogen-bond donors (Lipinski definition) is 0. The van der Waals surface area contributed by atoms with Crippen molar-refractivity contribution in [3.63, 3.8) is 0 Å². The minimum absolute atomic E-state index is 0.903. The Balaban J connectivity index is 0.885. The highest BCUT2D eigenvalue weighted by atomic mass is 32.1. The second kappa shape index (κ2) is 18.9. The van der Waals surface area contributed by atoms with Crippen molar-refractivity contribution >= 4 is 120 Å². The van der Waals surface area contributed by atoms with E-state index in [9.17, 15) is 0 Å². The molecule has 0 bridgehead atoms. The Morgan fingerprint density at radius 3 is 1.48 bits per heavy atom. The van der Waals surface area contributed by atoms with E-state index in [4.69, 9.17) is 0 Å². The van der Waals surface area contributed by atoms with Crippen molar-refractivity contribution in [1.82, 2.24) is 4.57 Å². The van der Waals surface area contributed by atoms with Gasteiger partial charge in [-0.05, 0) is 194 Å². The van der Waals surface area contributed by atoms with E-state index >= 15 is 0 Å². The molecule has 0 fully saturated rings. The second-order valence-electron chi connectivity index (χ2n) is 21.7. The topological polar surface area (TPSA) is 4.93 Å². The van der Waals surface area contributed by atoms with Crippen LogP contribution in [0.4, 0.5) is 0 Å². The first-order chi connectivity index (χ1) is 40.1. The van der Waals surface area contributed by atoms with Gasteiger partial charge in [0.05, 0.1) is 11.0 Å². The molecule has 380 valence electrons. The van der Waals surface area contributed by atoms with Gasteiger partial charge in [-0.25, -0.2) is 0 Å². The van der Waals surface area contributed by atoms with Gasteiger partial charge in [0.15, 0.2) is 0 Å². The molecule has 2 heteroatoms. The molecule has 0 atom stereocenters. The van der Waals surface area contributed by atoms with E-state index in [0.717, 1.165) is 12.1 Å². The summed E-state index contributed by atoms with van der Waals surface area (Å²) in [5, 5.41) is 19.0. The maximum absolute atomic E-state index is 2.52. The number of benzene rings is 14. The lowest BCUT2D eigenvalue weighted by Gasteiger charge is -2.18. The molecule has 0 amide bonds. The lowest BCUT2D eigenvalue weighted by Crippen LogP contribution is -1.95. The van der Waals surface area contributed by atoms with E-state index in [0.29, 0.717) is 0 Å². The lowest BCUT2D eigenvalue weighted by molar-refractivity contribution is 1.18. The zero-order valence-corrected chi connectivity index (χ0v) is 45.9. The summed E-state index contributed by atoms with van der Waals surface area (Å²) in [5.74, 6) is 0. The van der Waals surface area contributed by atoms with Crippen LogP contribution >= 0.6 is 11.3 Å². The molecule has 1 nitrogen and oxygen atoms in total. The number of fused-ring (bicyclic) bond motifs is 12. The Labute approximate surface area is 474 Å². The van der Waals surface area contributed by atoms with Crippen molar-refractivity contribution in [3.8, 4) is 50.2 Å². The zero-order chi connectivity index (χ0) is 53.7. The van der Waals surface area contributed by atoms with E-state index in [1.54, 1.807) is 0 Å². The molecule has 81 heavy (non-hydrogen) atoms. The Bertz CT molecular complexity index is 5210. The molecule has 0 aliphatic rings. The highest BCUT2D eigenvalue weighted by Crippen LogP contribution is 2.48. The first kappa shape index (κ1) is 47.2. The quantitative estimate of drug-likeness (QED) is 0.106. The van der Waals surface area contributed by atoms with Crippen molar-refractivity contribution in [2.75, 3.05) is 0 Å². The number of allylic oxidation sites excluding steroid dienone is 1. The van der Waals surface area contributed by atoms with Crippen LogP contribution in [-0.4, -0.2) is 4.57 Å². The maximum Gasteiger partial charge on any atom is 0.0541 e. The number of nitrogens with zero attached hydrogens (tertiary/aromatic N) is 1. The average Bonchev–Trinajstić information content (AvgIpc) is 4.11. The molecular weight excluding hydrogens is 995 g/mol. The number of thiophene rings is 1. The van der Waals surface area contributed by atoms with E-state index in [-0.39, 0.29) is 0 Å². The molecule has 16 rings (SSSR count). The molecule has 0 aliphatic heterocycles. The van der Waals surface area contributed by atoms with Crippen LogP contribution in [0.15, 0.2) is 267 Å². The molecule has 0 saturated carbocycles. The Morgan fingerprint density at radius 1 is 0.358 bits per heavy atom. The van der Waals surface area contributed by atoms with Gasteiger partial charge in [0.1, 0.15) is 0 Å². The molecule has 0 unspecified atom stereocenters. The molecule has 14 aromatic carbocycles. The molecule has 0 radical (unpaired) electrons. The first-order valence-corrected chi connectivity index (χ1v) is 29.1. The van der Waals surface area contributed by atoms with E-state index in [1.165, 1.54) is 163 Å². The van der Waals surface area contributed by atoms with Gasteiger partial charge in [-0.3, -0.25) is 0 Å². The minimum atomic E-state index is 0.903. The summed E-state index contributed by atoms with van der Waals surface area (Å²) in [6.07, 6.45) is 3.42. The Kier molecular flexibility index (Phi) is 11.0. The molecule has 2 aromatic heterocycles. The van der Waals surface area contributed by atoms with Crippen LogP contribution in [0, 0.1) is 6.92 Å². The fourth-order valence-corrected chi connectivity index (χ4v) is 14.7. The summed E-state index contributed by atoms with van der Waals surface area (Å²) < 4.78 is 3.77. The van der Waals surface area contributed by atoms with Crippen molar-refractivity contribution in [2.45, 2.75) is 20.3 Å². The highest BCUT2D eigenvalue weighted by Gasteiger charge is 2.22. The fourth-order valence-electron chi connectivity index (χ4n) is 13.6. The van der Waals surface area contributed by atoms with Crippen LogP contribution in [0.5, 0.6) is 0 Å². The van der Waals surface area contributed by atoms with E-state index < -0.39 is 0 Å². The molecule has 0 aliphatic carbocycles. The van der Waals surface area contributed by atoms with Crippen LogP contribution in [0.3, 0.4) is 0 Å². The van der Waals surface area contributed by atoms with Gasteiger partial charge in [0.25, 0.3) is 0 Å². The predicted octanol–water partition coefficient (Wildman–Crippen LogP) is 22.8. The number of hydrogen-bond acceptors (Lipinski definition) is 1. The van der Waals surface area contributed by atoms with Crippen LogP contribution in [-0.2, 0) is 0 Å². The molecule has 0 saturated heterocycles. The van der Waals surface area contributed by atoms with Crippen LogP contribution < -0.4 is 0 Å². The van der Waals surface area contributed by atoms with Gasteiger partial charge in [0.2, 0.25) is 0 Å². The lowest BCUT2D eigenvalue weighted by atomic mass is 9.86. The van der Waals surface area contributed by atoms with Gasteiger partial charge < -0.3 is 4.57 Å². The van der Waals surface area contributed by atoms with Gasteiger partial charge in [-0.2, -0.15) is 0 Å². The predicted molar refractivity (Wildman–Crippen MR) is 352 cm³/mol. The van der Waals surface area contributed by atoms with Crippen molar-refractivity contribution in [2.24, 2.45) is 0 Å². The van der Waals surface area contributed by atoms with Crippen LogP contribution in [0.2, 0.25) is 0 Å². The van der Waals surface area contributed by atoms with Crippen molar-refractivity contribution in [3.05, 3.63) is 283 Å². The van der Waals surface area contributed by atoms with Crippen LogP contribution in [0.25, 0.3) is 158 Å². The molecule has 0 N–H and O–H groups in total. The monoisotopic (exact) mass is 1050 g/mol. The third kappa shape index (κ3) is 7.52. The maximum atomic E-state index is 2.52. The van der Waals surface area contributed by atoms with Crippen molar-refractivity contribution in [1.29, 1.82) is 0 Å². The summed E-state index contributed by atoms with van der Waals surface area (Å²) in [5.41, 5.74) is 17.4. The fraction of sp³-hybridized carbons (Fsp3) is 0.0380. The molecule has 2 heterocycles. The van der Waals surface area contributed by atoms with Crippen LogP contribution in [0.1, 0.15) is 29.3 Å². The zero-order valence-electron chi connectivity index (χ0n) is 45.0. The van der Waals surface area contributed by atoms with E-state index in [2.05, 4.69) is 291 Å². The molecule has 0 spiro atoms. The normalized spacial score (nSPS) is 12.2. The Morgan fingerprint density at radius 2 is 0.840 bits per heavy atom. The largest absolute Gasteiger partial charge is 0.309 e. The first-order valence-electron chi connectivity index (χ1n) is 28.3. The standard InChI is InChI=1S/C79H53NS/c1-3-50(70-44-53-23-7-9-25-58(53)60-27-11-13-29-62(60)70)43-69-49(2)81-79-72(47-56(48-74(69)79)71-45-54-24-8-10-26-59(54)61-28-12-14-30-63(61)71)55-39-42-76-73(46-55)64-31-19-20-36-75(64)80(76)57-40-37-52(38-41-57)78-67-34-17-15-32-65(67)77(51-21-5-4-6-22-51)66-33-16-18-35-68(66)78/h4-48H,3H2,1-2H3/b50-43+. The highest BCUT2D eigenvalue weighted by molar-refractivity contribution is 7.20. The van der Waals surface area contributed by atoms with Gasteiger partial charge in [-0.1, -0.05) is 219 Å². The second-order valence-corrected chi connectivity index (χ2v) is 22.9. The SMILES string of the molecule is CC/C(=C\c1c(C)sc2c(-c3ccc4c(c3)c3ccccc3n4-c3ccc(-c4c5ccccc5c(-c5ccccc5)c5ccccc45)cc3)cc(-c3cc4ccccc4c4ccccc34)cc12)c1cc2ccccc2c2ccccc12. The third-order valence-electron chi connectivity index (χ3n) is 17.3. The summed E-state index contributed by atoms with van der Waals surface area (Å²) in [4.78, 5) is 1.32. The summed E-state index contributed by atoms with van der Waals surface area (Å²) in [6, 6.07) is 99.6. The van der Waals surface area contributed by atoms with Gasteiger partial charge in [-0.15, -0.1) is 11.3 Å². The summed E-state index contributed by atoms with van der Waals surface area (Å²) in [6.45, 7) is 4.63. The van der Waals surface area contributed by atoms with E-state index in [1.807, 2.05) is 11.3 Å². The van der Waals surface area contributed by atoms with Gasteiger partial charge in [0, 0.05) is 37.0 Å².